The lowest BCUT2D eigenvalue weighted by atomic mass is 9.96. The number of nitrogens with zero attached hydrogens (tertiary/aromatic N) is 3. The lowest BCUT2D eigenvalue weighted by molar-refractivity contribution is -0.120. The number of aromatic nitrogens is 2. The van der Waals surface area contributed by atoms with E-state index in [2.05, 4.69) is 20.2 Å². The molecule has 0 radical (unpaired) electrons. The van der Waals surface area contributed by atoms with Crippen LogP contribution in [0.3, 0.4) is 0 Å². The topological polar surface area (TPSA) is 58.1 Å². The summed E-state index contributed by atoms with van der Waals surface area (Å²) >= 11 is 5.74. The van der Waals surface area contributed by atoms with Crippen molar-refractivity contribution in [1.82, 2.24) is 9.97 Å². The first-order chi connectivity index (χ1) is 11.5. The zero-order chi connectivity index (χ0) is 17.1. The number of carbonyl (C=O) groups excluding carboxylic acids is 1. The molecule has 2 aromatic rings. The summed E-state index contributed by atoms with van der Waals surface area (Å²) in [6.45, 7) is 3.41. The van der Waals surface area contributed by atoms with E-state index in [4.69, 9.17) is 11.6 Å². The first-order valence-corrected chi connectivity index (χ1v) is 8.20. The number of piperidine rings is 1. The highest BCUT2D eigenvalue weighted by Crippen LogP contribution is 2.24. The van der Waals surface area contributed by atoms with Gasteiger partial charge in [0.25, 0.3) is 0 Å². The lowest BCUT2D eigenvalue weighted by Crippen LogP contribution is -2.38. The van der Waals surface area contributed by atoms with E-state index < -0.39 is 5.82 Å². The predicted octanol–water partition coefficient (Wildman–Crippen LogP) is 3.43. The molecule has 24 heavy (non-hydrogen) atoms. The first kappa shape index (κ1) is 16.6. The van der Waals surface area contributed by atoms with Crippen molar-refractivity contribution in [3.63, 3.8) is 0 Å². The van der Waals surface area contributed by atoms with Crippen molar-refractivity contribution in [2.45, 2.75) is 19.8 Å². The molecular weight excluding hydrogens is 331 g/mol. The molecule has 0 bridgehead atoms. The smallest absolute Gasteiger partial charge is 0.227 e. The SMILES string of the molecule is Cc1cncc(N2CCC(C(=O)Nc3ccc(F)c(Cl)c3)CC2)n1. The zero-order valence-electron chi connectivity index (χ0n) is 13.3. The normalized spacial score (nSPS) is 15.4. The Kier molecular flexibility index (Phi) is 4.94. The molecule has 7 heteroatoms. The van der Waals surface area contributed by atoms with Crippen molar-refractivity contribution < 1.29 is 9.18 Å². The number of nitrogens with one attached hydrogen (secondary N) is 1. The third-order valence-corrected chi connectivity index (χ3v) is 4.41. The molecule has 1 fully saturated rings. The Morgan fingerprint density at radius 1 is 1.33 bits per heavy atom. The van der Waals surface area contributed by atoms with Crippen molar-refractivity contribution in [3.05, 3.63) is 47.1 Å². The van der Waals surface area contributed by atoms with Gasteiger partial charge in [0.15, 0.2) is 0 Å². The van der Waals surface area contributed by atoms with Crippen LogP contribution in [0.1, 0.15) is 18.5 Å². The summed E-state index contributed by atoms with van der Waals surface area (Å²) in [5, 5.41) is 2.81. The second-order valence-electron chi connectivity index (χ2n) is 5.90. The maximum atomic E-state index is 13.2. The van der Waals surface area contributed by atoms with Crippen LogP contribution in [0.2, 0.25) is 5.02 Å². The van der Waals surface area contributed by atoms with Crippen molar-refractivity contribution in [3.8, 4) is 0 Å². The van der Waals surface area contributed by atoms with Crippen molar-refractivity contribution in [2.24, 2.45) is 5.92 Å². The molecule has 126 valence electrons. The van der Waals surface area contributed by atoms with Crippen molar-refractivity contribution in [1.29, 1.82) is 0 Å². The molecule has 0 spiro atoms. The van der Waals surface area contributed by atoms with Crippen LogP contribution in [0.15, 0.2) is 30.6 Å². The average molecular weight is 349 g/mol. The van der Waals surface area contributed by atoms with Gasteiger partial charge in [-0.1, -0.05) is 11.6 Å². The van der Waals surface area contributed by atoms with Gasteiger partial charge >= 0.3 is 0 Å². The molecule has 1 saturated heterocycles. The minimum Gasteiger partial charge on any atom is -0.355 e. The lowest BCUT2D eigenvalue weighted by Gasteiger charge is -2.32. The quantitative estimate of drug-likeness (QED) is 0.923. The third-order valence-electron chi connectivity index (χ3n) is 4.12. The monoisotopic (exact) mass is 348 g/mol. The highest BCUT2D eigenvalue weighted by molar-refractivity contribution is 6.31. The van der Waals surface area contributed by atoms with Gasteiger partial charge in [-0.2, -0.15) is 0 Å². The van der Waals surface area contributed by atoms with E-state index in [9.17, 15) is 9.18 Å². The molecule has 0 aliphatic carbocycles. The van der Waals surface area contributed by atoms with E-state index in [0.29, 0.717) is 5.69 Å². The molecule has 0 saturated carbocycles. The number of aryl methyl sites for hydroxylation is 1. The summed E-state index contributed by atoms with van der Waals surface area (Å²) in [7, 11) is 0. The van der Waals surface area contributed by atoms with Crippen molar-refractivity contribution in [2.75, 3.05) is 23.3 Å². The van der Waals surface area contributed by atoms with Gasteiger partial charge in [0, 0.05) is 30.9 Å². The second-order valence-corrected chi connectivity index (χ2v) is 6.31. The van der Waals surface area contributed by atoms with E-state index >= 15 is 0 Å². The number of hydrogen-bond donors (Lipinski definition) is 1. The van der Waals surface area contributed by atoms with Gasteiger partial charge in [-0.25, -0.2) is 9.37 Å². The highest BCUT2D eigenvalue weighted by Gasteiger charge is 2.26. The summed E-state index contributed by atoms with van der Waals surface area (Å²) in [5.74, 6) is 0.205. The largest absolute Gasteiger partial charge is 0.355 e. The second kappa shape index (κ2) is 7.13. The molecule has 2 heterocycles. The molecule has 0 unspecified atom stereocenters. The van der Waals surface area contributed by atoms with E-state index in [-0.39, 0.29) is 16.8 Å². The maximum absolute atomic E-state index is 13.2. The summed E-state index contributed by atoms with van der Waals surface area (Å²) in [6.07, 6.45) is 4.93. The Morgan fingerprint density at radius 2 is 2.08 bits per heavy atom. The van der Waals surface area contributed by atoms with Crippen LogP contribution < -0.4 is 10.2 Å². The number of amides is 1. The van der Waals surface area contributed by atoms with E-state index in [1.54, 1.807) is 12.4 Å². The molecule has 1 amide bonds. The molecule has 1 aliphatic heterocycles. The fourth-order valence-electron chi connectivity index (χ4n) is 2.79. The predicted molar refractivity (Wildman–Crippen MR) is 91.7 cm³/mol. The van der Waals surface area contributed by atoms with Gasteiger partial charge in [-0.05, 0) is 38.0 Å². The van der Waals surface area contributed by atoms with Crippen molar-refractivity contribution >= 4 is 29.0 Å². The Hall–Kier alpha value is -2.21. The van der Waals surface area contributed by atoms with Gasteiger partial charge in [0.05, 0.1) is 16.9 Å². The van der Waals surface area contributed by atoms with Crippen LogP contribution in [0.25, 0.3) is 0 Å². The summed E-state index contributed by atoms with van der Waals surface area (Å²) in [4.78, 5) is 23.1. The standard InChI is InChI=1S/C17H18ClFN4O/c1-11-9-20-10-16(21-11)23-6-4-12(5-7-23)17(24)22-13-2-3-15(19)14(18)8-13/h2-3,8-10,12H,4-7H2,1H3,(H,22,24). The number of halogens is 2. The number of rotatable bonds is 3. The fourth-order valence-corrected chi connectivity index (χ4v) is 2.97. The van der Waals surface area contributed by atoms with Crippen LogP contribution in [0, 0.1) is 18.7 Å². The van der Waals surface area contributed by atoms with Crippen LogP contribution in [0.5, 0.6) is 0 Å². The first-order valence-electron chi connectivity index (χ1n) is 7.82. The fraction of sp³-hybridized carbons (Fsp3) is 0.353. The van der Waals surface area contributed by atoms with Gasteiger partial charge in [0.2, 0.25) is 5.91 Å². The minimum absolute atomic E-state index is 0.000594. The van der Waals surface area contributed by atoms with E-state index in [1.807, 2.05) is 6.92 Å². The van der Waals surface area contributed by atoms with Gasteiger partial charge in [-0.3, -0.25) is 9.78 Å². The number of carbonyl (C=O) groups is 1. The molecular formula is C17H18ClFN4O. The summed E-state index contributed by atoms with van der Waals surface area (Å²) in [5.41, 5.74) is 1.39. The Morgan fingerprint density at radius 3 is 2.75 bits per heavy atom. The average Bonchev–Trinajstić information content (AvgIpc) is 2.58. The van der Waals surface area contributed by atoms with Crippen LogP contribution >= 0.6 is 11.6 Å². The molecule has 1 aliphatic rings. The molecule has 1 aromatic heterocycles. The highest BCUT2D eigenvalue weighted by atomic mass is 35.5. The van der Waals surface area contributed by atoms with E-state index in [1.165, 1.54) is 18.2 Å². The molecule has 5 nitrogen and oxygen atoms in total. The number of anilines is 2. The molecule has 3 rings (SSSR count). The molecule has 1 N–H and O–H groups in total. The third kappa shape index (κ3) is 3.82. The molecule has 0 atom stereocenters. The molecule has 1 aromatic carbocycles. The van der Waals surface area contributed by atoms with E-state index in [0.717, 1.165) is 37.4 Å². The van der Waals surface area contributed by atoms with Gasteiger partial charge in [-0.15, -0.1) is 0 Å². The zero-order valence-corrected chi connectivity index (χ0v) is 14.1. The maximum Gasteiger partial charge on any atom is 0.227 e. The van der Waals surface area contributed by atoms with Gasteiger partial charge in [0.1, 0.15) is 11.6 Å². The van der Waals surface area contributed by atoms with Gasteiger partial charge < -0.3 is 10.2 Å². The van der Waals surface area contributed by atoms with Crippen LogP contribution in [-0.4, -0.2) is 29.0 Å². The van der Waals surface area contributed by atoms with Crippen LogP contribution in [0.4, 0.5) is 15.9 Å². The summed E-state index contributed by atoms with van der Waals surface area (Å²) < 4.78 is 13.2. The number of hydrogen-bond acceptors (Lipinski definition) is 4. The number of benzene rings is 1. The van der Waals surface area contributed by atoms with Crippen LogP contribution in [-0.2, 0) is 4.79 Å². The Balaban J connectivity index is 1.58. The Labute approximate surface area is 144 Å². The summed E-state index contributed by atoms with van der Waals surface area (Å²) in [6, 6.07) is 4.18. The Bertz CT molecular complexity index is 747. The minimum atomic E-state index is -0.498.